The number of carbonyl (C=O) groups is 1. The largest absolute Gasteiger partial charge is 0.490 e. The zero-order valence-electron chi connectivity index (χ0n) is 18.2. The smallest absolute Gasteiger partial charge is 0.283 e. The van der Waals surface area contributed by atoms with E-state index in [4.69, 9.17) is 26.5 Å². The molecule has 2 aliphatic rings. The minimum Gasteiger partial charge on any atom is -0.490 e. The summed E-state index contributed by atoms with van der Waals surface area (Å²) >= 11 is 7.61. The number of amidine groups is 2. The molecule has 8 nitrogen and oxygen atoms in total. The number of carbonyl (C=O) groups excluding carboxylic acids is 1. The number of para-hydroxylation sites is 1. The SMILES string of the molecule is N=C1C(=Cc2ccc(OCCOc3ccccc3)c(Cl)c2)C(=O)N=C2SC(c3cccnc3)=NN12. The number of aliphatic imine (C=N–C) groups is 1. The van der Waals surface area contributed by atoms with E-state index in [1.807, 2.05) is 36.4 Å². The Labute approximate surface area is 210 Å². The van der Waals surface area contributed by atoms with Crippen molar-refractivity contribution >= 4 is 51.4 Å². The van der Waals surface area contributed by atoms with Crippen LogP contribution in [0.15, 0.2) is 88.7 Å². The average molecular weight is 504 g/mol. The topological polar surface area (TPSA) is 100 Å². The molecule has 0 atom stereocenters. The molecule has 0 radical (unpaired) electrons. The van der Waals surface area contributed by atoms with Gasteiger partial charge in [-0.1, -0.05) is 35.9 Å². The van der Waals surface area contributed by atoms with Crippen molar-refractivity contribution in [3.8, 4) is 11.5 Å². The van der Waals surface area contributed by atoms with Gasteiger partial charge < -0.3 is 9.47 Å². The van der Waals surface area contributed by atoms with E-state index in [0.717, 1.165) is 11.3 Å². The van der Waals surface area contributed by atoms with Crippen LogP contribution in [0.4, 0.5) is 0 Å². The third-order valence-electron chi connectivity index (χ3n) is 4.98. The Bertz CT molecular complexity index is 1380. The van der Waals surface area contributed by atoms with Crippen LogP contribution in [0, 0.1) is 5.41 Å². The van der Waals surface area contributed by atoms with Crippen molar-refractivity contribution in [2.75, 3.05) is 13.2 Å². The average Bonchev–Trinajstić information content (AvgIpc) is 3.31. The number of ether oxygens (including phenoxy) is 2. The summed E-state index contributed by atoms with van der Waals surface area (Å²) in [6.45, 7) is 0.688. The number of amides is 1. The van der Waals surface area contributed by atoms with Gasteiger partial charge in [0, 0.05) is 18.0 Å². The van der Waals surface area contributed by atoms with Gasteiger partial charge in [0.05, 0.1) is 10.6 Å². The first-order valence-electron chi connectivity index (χ1n) is 10.6. The van der Waals surface area contributed by atoms with Crippen LogP contribution in [0.25, 0.3) is 6.08 Å². The van der Waals surface area contributed by atoms with E-state index >= 15 is 0 Å². The fraction of sp³-hybridized carbons (Fsp3) is 0.0800. The predicted molar refractivity (Wildman–Crippen MR) is 137 cm³/mol. The number of pyridine rings is 1. The summed E-state index contributed by atoms with van der Waals surface area (Å²) in [5.74, 6) is 0.701. The summed E-state index contributed by atoms with van der Waals surface area (Å²) in [5.41, 5.74) is 1.54. The van der Waals surface area contributed by atoms with Crippen molar-refractivity contribution in [1.82, 2.24) is 9.99 Å². The minimum atomic E-state index is -0.508. The van der Waals surface area contributed by atoms with Crippen LogP contribution < -0.4 is 9.47 Å². The number of rotatable bonds is 7. The second-order valence-corrected chi connectivity index (χ2v) is 8.73. The number of hydrogen-bond donors (Lipinski definition) is 1. The van der Waals surface area contributed by atoms with Gasteiger partial charge in [0.1, 0.15) is 29.8 Å². The molecule has 1 aromatic heterocycles. The molecule has 5 rings (SSSR count). The van der Waals surface area contributed by atoms with E-state index in [-0.39, 0.29) is 11.4 Å². The van der Waals surface area contributed by atoms with E-state index < -0.39 is 5.91 Å². The maximum absolute atomic E-state index is 12.7. The molecule has 0 unspecified atom stereocenters. The molecule has 0 aliphatic carbocycles. The quantitative estimate of drug-likeness (QED) is 0.365. The summed E-state index contributed by atoms with van der Waals surface area (Å²) in [7, 11) is 0. The molecule has 35 heavy (non-hydrogen) atoms. The number of thioether (sulfide) groups is 1. The Morgan fingerprint density at radius 3 is 2.66 bits per heavy atom. The van der Waals surface area contributed by atoms with Crippen LogP contribution in [0.2, 0.25) is 5.02 Å². The lowest BCUT2D eigenvalue weighted by atomic mass is 10.1. The van der Waals surface area contributed by atoms with Gasteiger partial charge in [0.25, 0.3) is 5.91 Å². The van der Waals surface area contributed by atoms with Crippen LogP contribution in [-0.4, -0.2) is 45.2 Å². The van der Waals surface area contributed by atoms with Crippen molar-refractivity contribution < 1.29 is 14.3 Å². The summed E-state index contributed by atoms with van der Waals surface area (Å²) in [4.78, 5) is 20.9. The molecule has 0 spiro atoms. The highest BCUT2D eigenvalue weighted by molar-refractivity contribution is 8.27. The second kappa shape index (κ2) is 10.1. The first-order chi connectivity index (χ1) is 17.1. The van der Waals surface area contributed by atoms with Crippen LogP contribution in [0.3, 0.4) is 0 Å². The molecule has 3 heterocycles. The van der Waals surface area contributed by atoms with Gasteiger partial charge >= 0.3 is 0 Å². The van der Waals surface area contributed by atoms with E-state index in [0.29, 0.717) is 39.8 Å². The van der Waals surface area contributed by atoms with Crippen molar-refractivity contribution in [3.63, 3.8) is 0 Å². The molecular weight excluding hydrogens is 486 g/mol. The molecule has 174 valence electrons. The van der Waals surface area contributed by atoms with E-state index in [1.165, 1.54) is 16.8 Å². The molecule has 1 N–H and O–H groups in total. The molecule has 2 aliphatic heterocycles. The molecule has 3 aromatic rings. The predicted octanol–water partition coefficient (Wildman–Crippen LogP) is 4.86. The van der Waals surface area contributed by atoms with Crippen LogP contribution in [0.5, 0.6) is 11.5 Å². The highest BCUT2D eigenvalue weighted by atomic mass is 35.5. The molecule has 1 amide bonds. The van der Waals surface area contributed by atoms with E-state index in [2.05, 4.69) is 15.1 Å². The van der Waals surface area contributed by atoms with Crippen molar-refractivity contribution in [1.29, 1.82) is 5.41 Å². The zero-order valence-corrected chi connectivity index (χ0v) is 19.8. The monoisotopic (exact) mass is 503 g/mol. The Balaban J connectivity index is 1.27. The molecule has 2 aromatic carbocycles. The van der Waals surface area contributed by atoms with Crippen molar-refractivity contribution in [3.05, 3.63) is 94.8 Å². The lowest BCUT2D eigenvalue weighted by Crippen LogP contribution is -2.35. The number of benzene rings is 2. The number of fused-ring (bicyclic) bond motifs is 1. The Hall–Kier alpha value is -3.95. The molecular formula is C25H18ClN5O3S. The first-order valence-corrected chi connectivity index (χ1v) is 11.8. The third kappa shape index (κ3) is 5.11. The number of hydrazone groups is 1. The number of hydrogen-bond acceptors (Lipinski definition) is 7. The maximum Gasteiger partial charge on any atom is 0.283 e. The van der Waals surface area contributed by atoms with Gasteiger partial charge in [-0.05, 0) is 59.8 Å². The fourth-order valence-corrected chi connectivity index (χ4v) is 4.44. The lowest BCUT2D eigenvalue weighted by molar-refractivity contribution is -0.114. The molecule has 0 fully saturated rings. The van der Waals surface area contributed by atoms with Gasteiger partial charge in [-0.25, -0.2) is 0 Å². The van der Waals surface area contributed by atoms with Crippen molar-refractivity contribution in [2.45, 2.75) is 0 Å². The number of nitrogens with one attached hydrogen (secondary N) is 1. The lowest BCUT2D eigenvalue weighted by Gasteiger charge is -2.20. The Morgan fingerprint density at radius 2 is 1.89 bits per heavy atom. The number of halogens is 1. The van der Waals surface area contributed by atoms with Gasteiger partial charge in [-0.15, -0.1) is 0 Å². The van der Waals surface area contributed by atoms with E-state index in [1.54, 1.807) is 42.7 Å². The summed E-state index contributed by atoms with van der Waals surface area (Å²) in [6, 6.07) is 18.3. The highest BCUT2D eigenvalue weighted by Gasteiger charge is 2.36. The van der Waals surface area contributed by atoms with Gasteiger partial charge in [-0.2, -0.15) is 15.1 Å². The molecule has 0 saturated heterocycles. The number of nitrogens with zero attached hydrogens (tertiary/aromatic N) is 4. The van der Waals surface area contributed by atoms with Crippen LogP contribution >= 0.6 is 23.4 Å². The van der Waals surface area contributed by atoms with Crippen LogP contribution in [-0.2, 0) is 4.79 Å². The number of aromatic nitrogens is 1. The van der Waals surface area contributed by atoms with E-state index in [9.17, 15) is 4.79 Å². The summed E-state index contributed by atoms with van der Waals surface area (Å²) in [5, 5.41) is 15.7. The Kier molecular flexibility index (Phi) is 6.60. The summed E-state index contributed by atoms with van der Waals surface area (Å²) < 4.78 is 11.3. The first kappa shape index (κ1) is 22.8. The highest BCUT2D eigenvalue weighted by Crippen LogP contribution is 2.32. The van der Waals surface area contributed by atoms with Gasteiger partial charge in [0.15, 0.2) is 5.84 Å². The van der Waals surface area contributed by atoms with Gasteiger partial charge in [0.2, 0.25) is 5.17 Å². The summed E-state index contributed by atoms with van der Waals surface area (Å²) in [6.07, 6.45) is 4.91. The fourth-order valence-electron chi connectivity index (χ4n) is 3.32. The standard InChI is InChI=1S/C25H18ClN5O3S/c26-20-14-16(8-9-21(20)34-12-11-33-18-6-2-1-3-7-18)13-19-22(27)31-25(29-23(19)32)35-24(30-31)17-5-4-10-28-15-17/h1-10,13-15,27H,11-12H2. The zero-order chi connectivity index (χ0) is 24.2. The van der Waals surface area contributed by atoms with Crippen LogP contribution in [0.1, 0.15) is 11.1 Å². The second-order valence-electron chi connectivity index (χ2n) is 7.37. The molecule has 0 bridgehead atoms. The third-order valence-corrected chi connectivity index (χ3v) is 6.24. The Morgan fingerprint density at radius 1 is 1.06 bits per heavy atom. The maximum atomic E-state index is 12.7. The minimum absolute atomic E-state index is 0.0547. The molecule has 0 saturated carbocycles. The van der Waals surface area contributed by atoms with Gasteiger partial charge in [-0.3, -0.25) is 15.2 Å². The normalized spacial score (nSPS) is 16.1. The molecule has 10 heteroatoms. The van der Waals surface area contributed by atoms with Crippen molar-refractivity contribution in [2.24, 2.45) is 10.1 Å².